The van der Waals surface area contributed by atoms with Gasteiger partial charge < -0.3 is 24.8 Å². The monoisotopic (exact) mass is 378 g/mol. The van der Waals surface area contributed by atoms with E-state index in [2.05, 4.69) is 15.2 Å². The Balaban J connectivity index is 1.59. The van der Waals surface area contributed by atoms with E-state index in [9.17, 15) is 9.90 Å². The number of aliphatic hydroxyl groups is 1. The molecule has 1 aromatic rings. The molecular weight excluding hydrogens is 348 g/mol. The summed E-state index contributed by atoms with van der Waals surface area (Å²) in [6.07, 6.45) is 6.60. The first kappa shape index (κ1) is 20.0. The van der Waals surface area contributed by atoms with Crippen LogP contribution in [0, 0.1) is 5.92 Å². The minimum absolute atomic E-state index is 0.0357. The van der Waals surface area contributed by atoms with Crippen molar-refractivity contribution < 1.29 is 19.4 Å². The van der Waals surface area contributed by atoms with E-state index in [-0.39, 0.29) is 25.2 Å². The average Bonchev–Trinajstić information content (AvgIpc) is 2.71. The molecule has 0 bridgehead atoms. The summed E-state index contributed by atoms with van der Waals surface area (Å²) in [4.78, 5) is 23.7. The van der Waals surface area contributed by atoms with Crippen molar-refractivity contribution in [2.45, 2.75) is 38.1 Å². The highest BCUT2D eigenvalue weighted by Crippen LogP contribution is 2.30. The molecule has 1 atom stereocenters. The standard InChI is InChI=1S/C19H30N4O4/c1-26-9-10-27-13-18(25)21-16-3-2-4-17-15(16)11-20-19(22-17)23-7-5-14(12-24)6-8-23/h11,14,16,24H,2-10,12-13H2,1H3,(H,21,25)/t16-/m0/s1. The second-order valence-electron chi connectivity index (χ2n) is 7.24. The molecule has 1 saturated heterocycles. The molecule has 1 aromatic heterocycles. The van der Waals surface area contributed by atoms with Crippen molar-refractivity contribution in [1.82, 2.24) is 15.3 Å². The Bertz CT molecular complexity index is 620. The third kappa shape index (κ3) is 5.37. The van der Waals surface area contributed by atoms with Gasteiger partial charge in [-0.2, -0.15) is 0 Å². The van der Waals surface area contributed by atoms with Gasteiger partial charge in [0.2, 0.25) is 11.9 Å². The predicted octanol–water partition coefficient (Wildman–Crippen LogP) is 0.842. The fraction of sp³-hybridized carbons (Fsp3) is 0.737. The minimum atomic E-state index is -0.126. The zero-order chi connectivity index (χ0) is 19.1. The molecule has 0 radical (unpaired) electrons. The van der Waals surface area contributed by atoms with Crippen LogP contribution in [0.4, 0.5) is 5.95 Å². The zero-order valence-corrected chi connectivity index (χ0v) is 16.0. The summed E-state index contributed by atoms with van der Waals surface area (Å²) < 4.78 is 10.2. The Labute approximate surface area is 160 Å². The van der Waals surface area contributed by atoms with Crippen LogP contribution in [0.5, 0.6) is 0 Å². The number of nitrogens with zero attached hydrogens (tertiary/aromatic N) is 3. The molecule has 2 N–H and O–H groups in total. The molecule has 8 heteroatoms. The van der Waals surface area contributed by atoms with E-state index in [1.54, 1.807) is 7.11 Å². The lowest BCUT2D eigenvalue weighted by Gasteiger charge is -2.32. The first-order valence-electron chi connectivity index (χ1n) is 9.79. The van der Waals surface area contributed by atoms with Gasteiger partial charge in [-0.05, 0) is 38.0 Å². The SMILES string of the molecule is COCCOCC(=O)N[C@H]1CCCc2nc(N3CCC(CO)CC3)ncc21. The lowest BCUT2D eigenvalue weighted by Crippen LogP contribution is -2.37. The number of rotatable bonds is 8. The number of piperidine rings is 1. The molecule has 0 aromatic carbocycles. The number of aliphatic hydroxyl groups excluding tert-OH is 1. The number of fused-ring (bicyclic) bond motifs is 1. The summed E-state index contributed by atoms with van der Waals surface area (Å²) in [6, 6.07) is -0.0542. The van der Waals surface area contributed by atoms with Crippen molar-refractivity contribution in [3.05, 3.63) is 17.5 Å². The third-order valence-corrected chi connectivity index (χ3v) is 5.32. The summed E-state index contributed by atoms with van der Waals surface area (Å²) in [5, 5.41) is 12.3. The van der Waals surface area contributed by atoms with Crippen molar-refractivity contribution in [3.63, 3.8) is 0 Å². The van der Waals surface area contributed by atoms with E-state index in [0.29, 0.717) is 19.1 Å². The quantitative estimate of drug-likeness (QED) is 0.647. The number of anilines is 1. The van der Waals surface area contributed by atoms with E-state index in [0.717, 1.165) is 62.4 Å². The summed E-state index contributed by atoms with van der Waals surface area (Å²) in [5.41, 5.74) is 2.04. The Hall–Kier alpha value is -1.77. The molecule has 1 aliphatic carbocycles. The molecule has 27 heavy (non-hydrogen) atoms. The number of aryl methyl sites for hydroxylation is 1. The summed E-state index contributed by atoms with van der Waals surface area (Å²) in [6.45, 7) is 2.94. The average molecular weight is 378 g/mol. The topological polar surface area (TPSA) is 96.8 Å². The maximum Gasteiger partial charge on any atom is 0.246 e. The molecule has 2 aliphatic rings. The van der Waals surface area contributed by atoms with Crippen LogP contribution >= 0.6 is 0 Å². The van der Waals surface area contributed by atoms with Crippen LogP contribution in [-0.4, -0.2) is 67.6 Å². The fourth-order valence-electron chi connectivity index (χ4n) is 3.70. The highest BCUT2D eigenvalue weighted by atomic mass is 16.5. The van der Waals surface area contributed by atoms with Gasteiger partial charge in [-0.3, -0.25) is 4.79 Å². The van der Waals surface area contributed by atoms with Gasteiger partial charge in [-0.1, -0.05) is 0 Å². The zero-order valence-electron chi connectivity index (χ0n) is 16.0. The molecule has 1 amide bonds. The van der Waals surface area contributed by atoms with E-state index >= 15 is 0 Å². The first-order valence-corrected chi connectivity index (χ1v) is 9.79. The number of methoxy groups -OCH3 is 1. The van der Waals surface area contributed by atoms with Crippen LogP contribution in [0.1, 0.15) is 43.0 Å². The Morgan fingerprint density at radius 1 is 1.33 bits per heavy atom. The smallest absolute Gasteiger partial charge is 0.246 e. The largest absolute Gasteiger partial charge is 0.396 e. The van der Waals surface area contributed by atoms with E-state index in [4.69, 9.17) is 14.5 Å². The Kier molecular flexibility index (Phi) is 7.37. The summed E-state index contributed by atoms with van der Waals surface area (Å²) >= 11 is 0. The molecular formula is C19H30N4O4. The molecule has 8 nitrogen and oxygen atoms in total. The Morgan fingerprint density at radius 2 is 2.15 bits per heavy atom. The second kappa shape index (κ2) is 9.96. The van der Waals surface area contributed by atoms with Gasteiger partial charge in [0.15, 0.2) is 0 Å². The van der Waals surface area contributed by atoms with Gasteiger partial charge in [0.25, 0.3) is 0 Å². The van der Waals surface area contributed by atoms with Crippen LogP contribution in [0.25, 0.3) is 0 Å². The number of nitrogens with one attached hydrogen (secondary N) is 1. The van der Waals surface area contributed by atoms with E-state index in [1.807, 2.05) is 6.20 Å². The molecule has 150 valence electrons. The van der Waals surface area contributed by atoms with Gasteiger partial charge >= 0.3 is 0 Å². The van der Waals surface area contributed by atoms with Crippen molar-refractivity contribution in [3.8, 4) is 0 Å². The predicted molar refractivity (Wildman–Crippen MR) is 101 cm³/mol. The molecule has 0 saturated carbocycles. The molecule has 1 aliphatic heterocycles. The molecule has 2 heterocycles. The lowest BCUT2D eigenvalue weighted by molar-refractivity contribution is -0.127. The number of hydrogen-bond donors (Lipinski definition) is 2. The van der Waals surface area contributed by atoms with Gasteiger partial charge in [0, 0.05) is 38.6 Å². The molecule has 0 unspecified atom stereocenters. The Morgan fingerprint density at radius 3 is 2.89 bits per heavy atom. The highest BCUT2D eigenvalue weighted by Gasteiger charge is 2.26. The maximum atomic E-state index is 12.1. The van der Waals surface area contributed by atoms with E-state index in [1.165, 1.54) is 0 Å². The summed E-state index contributed by atoms with van der Waals surface area (Å²) in [7, 11) is 1.60. The molecule has 1 fully saturated rings. The van der Waals surface area contributed by atoms with Gasteiger partial charge in [-0.25, -0.2) is 9.97 Å². The number of carbonyl (C=O) groups excluding carboxylic acids is 1. The number of amides is 1. The number of aromatic nitrogens is 2. The maximum absolute atomic E-state index is 12.1. The lowest BCUT2D eigenvalue weighted by atomic mass is 9.92. The van der Waals surface area contributed by atoms with Crippen LogP contribution in [0.3, 0.4) is 0 Å². The van der Waals surface area contributed by atoms with Crippen molar-refractivity contribution in [2.24, 2.45) is 5.92 Å². The van der Waals surface area contributed by atoms with Gasteiger partial charge in [-0.15, -0.1) is 0 Å². The number of ether oxygens (including phenoxy) is 2. The van der Waals surface area contributed by atoms with Gasteiger partial charge in [0.05, 0.1) is 24.9 Å². The van der Waals surface area contributed by atoms with Crippen LogP contribution in [-0.2, 0) is 20.7 Å². The fourth-order valence-corrected chi connectivity index (χ4v) is 3.70. The number of hydrogen-bond acceptors (Lipinski definition) is 7. The third-order valence-electron chi connectivity index (χ3n) is 5.32. The van der Waals surface area contributed by atoms with Crippen LogP contribution in [0.2, 0.25) is 0 Å². The van der Waals surface area contributed by atoms with Crippen LogP contribution < -0.4 is 10.2 Å². The second-order valence-corrected chi connectivity index (χ2v) is 7.24. The summed E-state index contributed by atoms with van der Waals surface area (Å²) in [5.74, 6) is 1.03. The van der Waals surface area contributed by atoms with Gasteiger partial charge in [0.1, 0.15) is 6.61 Å². The minimum Gasteiger partial charge on any atom is -0.396 e. The van der Waals surface area contributed by atoms with Crippen molar-refractivity contribution in [1.29, 1.82) is 0 Å². The van der Waals surface area contributed by atoms with Crippen LogP contribution in [0.15, 0.2) is 6.20 Å². The molecule has 0 spiro atoms. The van der Waals surface area contributed by atoms with Crippen molar-refractivity contribution >= 4 is 11.9 Å². The number of carbonyl (C=O) groups is 1. The van der Waals surface area contributed by atoms with Crippen molar-refractivity contribution in [2.75, 3.05) is 51.5 Å². The molecule has 3 rings (SSSR count). The van der Waals surface area contributed by atoms with E-state index < -0.39 is 0 Å². The highest BCUT2D eigenvalue weighted by molar-refractivity contribution is 5.77. The first-order chi connectivity index (χ1) is 13.2. The normalized spacial score (nSPS) is 20.4.